The highest BCUT2D eigenvalue weighted by molar-refractivity contribution is 5.87. The van der Waals surface area contributed by atoms with E-state index >= 15 is 0 Å². The van der Waals surface area contributed by atoms with Gasteiger partial charge in [0, 0.05) is 23.2 Å². The summed E-state index contributed by atoms with van der Waals surface area (Å²) in [5.74, 6) is -0.414. The predicted molar refractivity (Wildman–Crippen MR) is 109 cm³/mol. The molecule has 2 saturated carbocycles. The van der Waals surface area contributed by atoms with Gasteiger partial charge in [-0.3, -0.25) is 0 Å². The summed E-state index contributed by atoms with van der Waals surface area (Å²) in [6, 6.07) is 0. The molecule has 2 aliphatic carbocycles. The second-order valence-electron chi connectivity index (χ2n) is 9.37. The molecule has 3 aliphatic rings. The van der Waals surface area contributed by atoms with Gasteiger partial charge in [0.25, 0.3) is 0 Å². The van der Waals surface area contributed by atoms with E-state index in [0.717, 1.165) is 32.3 Å². The van der Waals surface area contributed by atoms with Gasteiger partial charge in [-0.25, -0.2) is 9.59 Å². The Bertz CT molecular complexity index is 629. The maximum absolute atomic E-state index is 11.6. The molecule has 0 aromatic carbocycles. The molecule has 3 fully saturated rings. The molecule has 0 spiro atoms. The lowest BCUT2D eigenvalue weighted by molar-refractivity contribution is -0.151. The summed E-state index contributed by atoms with van der Waals surface area (Å²) < 4.78 is 11.0. The molecule has 1 aliphatic heterocycles. The Kier molecular flexibility index (Phi) is 7.13. The normalized spacial score (nSPS) is 32.4. The van der Waals surface area contributed by atoms with Crippen LogP contribution in [0.1, 0.15) is 72.6 Å². The van der Waals surface area contributed by atoms with Gasteiger partial charge in [0.15, 0.2) is 0 Å². The number of carboxylic acids is 1. The smallest absolute Gasteiger partial charge is 0.333 e. The van der Waals surface area contributed by atoms with Crippen LogP contribution in [0.25, 0.3) is 0 Å². The van der Waals surface area contributed by atoms with Gasteiger partial charge in [-0.05, 0) is 63.2 Å². The van der Waals surface area contributed by atoms with Gasteiger partial charge in [0.1, 0.15) is 6.10 Å². The Morgan fingerprint density at radius 2 is 1.89 bits per heavy atom. The summed E-state index contributed by atoms with van der Waals surface area (Å²) in [6.07, 6.45) is 7.35. The van der Waals surface area contributed by atoms with Crippen molar-refractivity contribution in [3.63, 3.8) is 0 Å². The Balaban J connectivity index is 0.000000209. The fraction of sp³-hybridized carbons (Fsp3) is 0.739. The second-order valence-corrected chi connectivity index (χ2v) is 9.37. The Morgan fingerprint density at radius 1 is 1.21 bits per heavy atom. The van der Waals surface area contributed by atoms with Gasteiger partial charge in [0.05, 0.1) is 6.10 Å². The lowest BCUT2D eigenvalue weighted by atomic mass is 9.70. The van der Waals surface area contributed by atoms with Crippen LogP contribution in [0.4, 0.5) is 0 Å². The molecule has 0 aromatic heterocycles. The number of hydrogen-bond acceptors (Lipinski definition) is 4. The SMILES string of the molecule is C=C(C)C(=O)OC1CC2CCC1(C)C2(C)C.C=C(CCC1CCCO1)C(=O)O. The van der Waals surface area contributed by atoms with Crippen molar-refractivity contribution in [1.82, 2.24) is 0 Å². The number of aliphatic carboxylic acids is 1. The lowest BCUT2D eigenvalue weighted by Crippen LogP contribution is -2.38. The van der Waals surface area contributed by atoms with Crippen molar-refractivity contribution in [1.29, 1.82) is 0 Å². The average molecular weight is 393 g/mol. The highest BCUT2D eigenvalue weighted by Gasteiger charge is 2.62. The van der Waals surface area contributed by atoms with E-state index in [1.165, 1.54) is 12.8 Å². The van der Waals surface area contributed by atoms with Gasteiger partial charge in [-0.1, -0.05) is 33.9 Å². The predicted octanol–water partition coefficient (Wildman–Crippen LogP) is 4.91. The number of carbonyl (C=O) groups is 2. The minimum absolute atomic E-state index is 0.0884. The van der Waals surface area contributed by atoms with Crippen molar-refractivity contribution in [3.8, 4) is 0 Å². The quantitative estimate of drug-likeness (QED) is 0.514. The Hall–Kier alpha value is -1.62. The van der Waals surface area contributed by atoms with Gasteiger partial charge in [-0.2, -0.15) is 0 Å². The second kappa shape index (κ2) is 8.81. The van der Waals surface area contributed by atoms with E-state index in [9.17, 15) is 9.59 Å². The first-order chi connectivity index (χ1) is 13.0. The van der Waals surface area contributed by atoms with E-state index in [1.54, 1.807) is 6.92 Å². The van der Waals surface area contributed by atoms with Crippen LogP contribution >= 0.6 is 0 Å². The Labute approximate surface area is 169 Å². The van der Waals surface area contributed by atoms with E-state index in [2.05, 4.69) is 33.9 Å². The van der Waals surface area contributed by atoms with E-state index in [4.69, 9.17) is 14.6 Å². The molecule has 5 heteroatoms. The van der Waals surface area contributed by atoms with Crippen LogP contribution in [0, 0.1) is 16.7 Å². The summed E-state index contributed by atoms with van der Waals surface area (Å²) in [4.78, 5) is 22.0. The topological polar surface area (TPSA) is 72.8 Å². The van der Waals surface area contributed by atoms with Crippen molar-refractivity contribution in [2.45, 2.75) is 84.8 Å². The molecule has 0 aromatic rings. The minimum Gasteiger partial charge on any atom is -0.478 e. The van der Waals surface area contributed by atoms with Crippen LogP contribution in [-0.2, 0) is 19.1 Å². The first-order valence-corrected chi connectivity index (χ1v) is 10.4. The van der Waals surface area contributed by atoms with Crippen LogP contribution < -0.4 is 0 Å². The highest BCUT2D eigenvalue weighted by Crippen LogP contribution is 2.66. The zero-order chi connectivity index (χ0) is 21.1. The fourth-order valence-electron chi connectivity index (χ4n) is 4.85. The summed E-state index contributed by atoms with van der Waals surface area (Å²) in [7, 11) is 0. The maximum Gasteiger partial charge on any atom is 0.333 e. The molecular formula is C23H36O5. The van der Waals surface area contributed by atoms with Crippen molar-refractivity contribution in [2.75, 3.05) is 6.61 Å². The molecule has 1 N–H and O–H groups in total. The summed E-state index contributed by atoms with van der Waals surface area (Å²) in [5, 5.41) is 8.52. The first-order valence-electron chi connectivity index (χ1n) is 10.4. The largest absolute Gasteiger partial charge is 0.478 e. The summed E-state index contributed by atoms with van der Waals surface area (Å²) in [6.45, 7) is 16.6. The first kappa shape index (κ1) is 22.7. The molecule has 4 unspecified atom stereocenters. The van der Waals surface area contributed by atoms with Crippen molar-refractivity contribution in [2.24, 2.45) is 16.7 Å². The van der Waals surface area contributed by atoms with E-state index in [-0.39, 0.29) is 29.2 Å². The molecule has 0 amide bonds. The summed E-state index contributed by atoms with van der Waals surface area (Å²) >= 11 is 0. The highest BCUT2D eigenvalue weighted by atomic mass is 16.5. The molecule has 3 rings (SSSR count). The standard InChI is InChI=1S/C14H22O2.C9H14O3/c1-9(2)12(15)16-11-8-10-6-7-14(11,5)13(10,3)4;1-7(9(10)11)4-5-8-3-2-6-12-8/h10-11H,1,6-8H2,2-5H3;8H,1-6H2,(H,10,11). The van der Waals surface area contributed by atoms with E-state index < -0.39 is 5.97 Å². The summed E-state index contributed by atoms with van der Waals surface area (Å²) in [5.41, 5.74) is 1.24. The number of fused-ring (bicyclic) bond motifs is 2. The number of rotatable bonds is 6. The molecular weight excluding hydrogens is 356 g/mol. The van der Waals surface area contributed by atoms with Crippen LogP contribution in [0.3, 0.4) is 0 Å². The molecule has 4 atom stereocenters. The Morgan fingerprint density at radius 3 is 2.32 bits per heavy atom. The molecule has 1 heterocycles. The van der Waals surface area contributed by atoms with Crippen LogP contribution in [0.15, 0.2) is 24.3 Å². The molecule has 158 valence electrons. The molecule has 5 nitrogen and oxygen atoms in total. The lowest BCUT2D eigenvalue weighted by Gasteiger charge is -2.38. The number of carbonyl (C=O) groups excluding carboxylic acids is 1. The minimum atomic E-state index is -0.895. The van der Waals surface area contributed by atoms with Crippen LogP contribution in [-0.4, -0.2) is 35.9 Å². The fourth-order valence-corrected chi connectivity index (χ4v) is 4.85. The third kappa shape index (κ3) is 4.68. The molecule has 28 heavy (non-hydrogen) atoms. The number of carboxylic acid groups (broad SMARTS) is 1. The average Bonchev–Trinajstić information content (AvgIpc) is 3.26. The molecule has 2 bridgehead atoms. The van der Waals surface area contributed by atoms with Gasteiger partial charge in [0.2, 0.25) is 0 Å². The van der Waals surface area contributed by atoms with Crippen molar-refractivity contribution in [3.05, 3.63) is 24.3 Å². The van der Waals surface area contributed by atoms with Gasteiger partial charge in [-0.15, -0.1) is 0 Å². The third-order valence-electron chi connectivity index (χ3n) is 7.41. The van der Waals surface area contributed by atoms with Crippen LogP contribution in [0.2, 0.25) is 0 Å². The maximum atomic E-state index is 11.6. The van der Waals surface area contributed by atoms with Gasteiger partial charge < -0.3 is 14.6 Å². The monoisotopic (exact) mass is 392 g/mol. The number of hydrogen-bond donors (Lipinski definition) is 1. The number of ether oxygens (including phenoxy) is 2. The third-order valence-corrected chi connectivity index (χ3v) is 7.41. The molecule has 1 saturated heterocycles. The van der Waals surface area contributed by atoms with Crippen molar-refractivity contribution >= 4 is 11.9 Å². The zero-order valence-corrected chi connectivity index (χ0v) is 17.9. The van der Waals surface area contributed by atoms with Crippen LogP contribution in [0.5, 0.6) is 0 Å². The van der Waals surface area contributed by atoms with E-state index in [0.29, 0.717) is 23.3 Å². The van der Waals surface area contributed by atoms with E-state index in [1.807, 2.05) is 0 Å². The van der Waals surface area contributed by atoms with Gasteiger partial charge >= 0.3 is 11.9 Å². The zero-order valence-electron chi connectivity index (χ0n) is 17.9. The van der Waals surface area contributed by atoms with Crippen molar-refractivity contribution < 1.29 is 24.2 Å². The molecule has 0 radical (unpaired) electrons. The number of esters is 1.